The monoisotopic (exact) mass is 329 g/mol. The highest BCUT2D eigenvalue weighted by Gasteiger charge is 2.27. The molecule has 6 heteroatoms. The third-order valence-corrected chi connectivity index (χ3v) is 3.93. The predicted molar refractivity (Wildman–Crippen MR) is 90.3 cm³/mol. The lowest BCUT2D eigenvalue weighted by Crippen LogP contribution is -2.37. The molecule has 1 atom stereocenters. The van der Waals surface area contributed by atoms with Crippen molar-refractivity contribution in [3.63, 3.8) is 0 Å². The van der Waals surface area contributed by atoms with Crippen LogP contribution >= 0.6 is 0 Å². The van der Waals surface area contributed by atoms with Gasteiger partial charge in [-0.1, -0.05) is 30.3 Å². The number of aromatic nitrogens is 2. The summed E-state index contributed by atoms with van der Waals surface area (Å²) in [4.78, 5) is 26.0. The number of carboxylic acids is 1. The van der Waals surface area contributed by atoms with Gasteiger partial charge in [0.15, 0.2) is 0 Å². The molecular weight excluding hydrogens is 306 g/mol. The number of hydrogen-bond donors (Lipinski definition) is 1. The van der Waals surface area contributed by atoms with E-state index in [0.29, 0.717) is 12.1 Å². The van der Waals surface area contributed by atoms with Crippen LogP contribution in [0.3, 0.4) is 0 Å². The zero-order valence-electron chi connectivity index (χ0n) is 14.2. The Kier molecular flexibility index (Phi) is 5.73. The van der Waals surface area contributed by atoms with Gasteiger partial charge in [0.05, 0.1) is 12.1 Å². The van der Waals surface area contributed by atoms with Crippen molar-refractivity contribution >= 4 is 11.9 Å². The van der Waals surface area contributed by atoms with Crippen LogP contribution in [-0.2, 0) is 23.2 Å². The Morgan fingerprint density at radius 3 is 2.42 bits per heavy atom. The van der Waals surface area contributed by atoms with Crippen molar-refractivity contribution < 1.29 is 14.7 Å². The first kappa shape index (κ1) is 17.7. The maximum absolute atomic E-state index is 12.7. The minimum absolute atomic E-state index is 0.0251. The number of carbonyl (C=O) groups is 2. The molecule has 1 N–H and O–H groups in total. The summed E-state index contributed by atoms with van der Waals surface area (Å²) in [6.07, 6.45) is 3.51. The lowest BCUT2D eigenvalue weighted by Gasteiger charge is -2.27. The van der Waals surface area contributed by atoms with Gasteiger partial charge < -0.3 is 10.0 Å². The molecule has 1 aromatic carbocycles. The lowest BCUT2D eigenvalue weighted by molar-refractivity contribution is -0.143. The summed E-state index contributed by atoms with van der Waals surface area (Å²) in [5.41, 5.74) is 1.56. The van der Waals surface area contributed by atoms with Gasteiger partial charge in [-0.3, -0.25) is 14.3 Å². The molecule has 6 nitrogen and oxygen atoms in total. The molecule has 0 fully saturated rings. The molecular formula is C18H23N3O3. The van der Waals surface area contributed by atoms with E-state index in [2.05, 4.69) is 5.10 Å². The van der Waals surface area contributed by atoms with Gasteiger partial charge in [-0.25, -0.2) is 0 Å². The molecule has 1 unspecified atom stereocenters. The van der Waals surface area contributed by atoms with Crippen LogP contribution in [0.2, 0.25) is 0 Å². The number of carbonyl (C=O) groups excluding carboxylic acids is 1. The van der Waals surface area contributed by atoms with Crippen LogP contribution in [0.1, 0.15) is 37.3 Å². The minimum Gasteiger partial charge on any atom is -0.481 e. The summed E-state index contributed by atoms with van der Waals surface area (Å²) in [5, 5.41) is 13.6. The van der Waals surface area contributed by atoms with Crippen LogP contribution in [-0.4, -0.2) is 37.7 Å². The smallest absolute Gasteiger partial charge is 0.311 e. The molecule has 0 saturated heterocycles. The molecule has 0 aliphatic rings. The quantitative estimate of drug-likeness (QED) is 0.846. The number of benzene rings is 1. The fourth-order valence-electron chi connectivity index (χ4n) is 2.63. The summed E-state index contributed by atoms with van der Waals surface area (Å²) in [5.74, 6) is -2.00. The van der Waals surface area contributed by atoms with Gasteiger partial charge in [0.25, 0.3) is 0 Å². The molecule has 0 aliphatic carbocycles. The standard InChI is InChI=1S/C18H23N3O3/c1-13(2)21(12-14-10-19-20(3)11-14)17(22)9-16(18(23)24)15-7-5-4-6-8-15/h4-8,10-11,13,16H,9,12H2,1-3H3,(H,23,24). The maximum Gasteiger partial charge on any atom is 0.311 e. The van der Waals surface area contributed by atoms with Crippen molar-refractivity contribution in [3.8, 4) is 0 Å². The van der Waals surface area contributed by atoms with Crippen LogP contribution in [0.4, 0.5) is 0 Å². The Balaban J connectivity index is 2.15. The number of amides is 1. The number of aryl methyl sites for hydroxylation is 1. The molecule has 24 heavy (non-hydrogen) atoms. The predicted octanol–water partition coefficient (Wildman–Crippen LogP) is 2.42. The number of rotatable bonds is 7. The molecule has 1 aromatic heterocycles. The Hall–Kier alpha value is -2.63. The second kappa shape index (κ2) is 7.77. The first-order chi connectivity index (χ1) is 11.4. The second-order valence-corrected chi connectivity index (χ2v) is 6.14. The van der Waals surface area contributed by atoms with E-state index in [4.69, 9.17) is 0 Å². The zero-order valence-corrected chi connectivity index (χ0v) is 14.2. The van der Waals surface area contributed by atoms with Crippen LogP contribution < -0.4 is 0 Å². The third-order valence-electron chi connectivity index (χ3n) is 3.93. The van der Waals surface area contributed by atoms with E-state index in [-0.39, 0.29) is 18.4 Å². The van der Waals surface area contributed by atoms with Gasteiger partial charge in [-0.2, -0.15) is 5.10 Å². The van der Waals surface area contributed by atoms with Gasteiger partial charge in [0.2, 0.25) is 5.91 Å². The van der Waals surface area contributed by atoms with E-state index in [1.54, 1.807) is 40.0 Å². The maximum atomic E-state index is 12.7. The minimum atomic E-state index is -0.986. The average Bonchev–Trinajstić information content (AvgIpc) is 2.95. The Morgan fingerprint density at radius 1 is 1.25 bits per heavy atom. The summed E-state index contributed by atoms with van der Waals surface area (Å²) in [6, 6.07) is 8.85. The second-order valence-electron chi connectivity index (χ2n) is 6.14. The fraction of sp³-hybridized carbons (Fsp3) is 0.389. The highest BCUT2D eigenvalue weighted by molar-refractivity contribution is 5.85. The van der Waals surface area contributed by atoms with E-state index < -0.39 is 11.9 Å². The van der Waals surface area contributed by atoms with Crippen LogP contribution in [0.25, 0.3) is 0 Å². The summed E-state index contributed by atoms with van der Waals surface area (Å²) in [7, 11) is 1.82. The summed E-state index contributed by atoms with van der Waals surface area (Å²) >= 11 is 0. The van der Waals surface area contributed by atoms with E-state index in [0.717, 1.165) is 5.56 Å². The van der Waals surface area contributed by atoms with Crippen LogP contribution in [0, 0.1) is 0 Å². The molecule has 0 bridgehead atoms. The number of nitrogens with zero attached hydrogens (tertiary/aromatic N) is 3. The van der Waals surface area contributed by atoms with Gasteiger partial charge in [0.1, 0.15) is 0 Å². The number of aliphatic carboxylic acids is 1. The summed E-state index contributed by atoms with van der Waals surface area (Å²) < 4.78 is 1.68. The topological polar surface area (TPSA) is 75.4 Å². The van der Waals surface area contributed by atoms with Crippen molar-refractivity contribution in [3.05, 3.63) is 53.9 Å². The SMILES string of the molecule is CC(C)N(Cc1cnn(C)c1)C(=O)CC(C(=O)O)c1ccccc1. The molecule has 0 spiro atoms. The van der Waals surface area contributed by atoms with Crippen molar-refractivity contribution in [2.24, 2.45) is 7.05 Å². The van der Waals surface area contributed by atoms with Crippen molar-refractivity contribution in [2.75, 3.05) is 0 Å². The van der Waals surface area contributed by atoms with E-state index >= 15 is 0 Å². The molecule has 0 radical (unpaired) electrons. The van der Waals surface area contributed by atoms with Gasteiger partial charge >= 0.3 is 5.97 Å². The molecule has 2 rings (SSSR count). The first-order valence-corrected chi connectivity index (χ1v) is 7.93. The Morgan fingerprint density at radius 2 is 1.92 bits per heavy atom. The van der Waals surface area contributed by atoms with E-state index in [1.165, 1.54) is 0 Å². The highest BCUT2D eigenvalue weighted by atomic mass is 16.4. The lowest BCUT2D eigenvalue weighted by atomic mass is 9.95. The molecule has 128 valence electrons. The zero-order chi connectivity index (χ0) is 17.7. The number of hydrogen-bond acceptors (Lipinski definition) is 3. The van der Waals surface area contributed by atoms with Crippen LogP contribution in [0.5, 0.6) is 0 Å². The van der Waals surface area contributed by atoms with Gasteiger partial charge in [0, 0.05) is 37.8 Å². The normalized spacial score (nSPS) is 12.2. The summed E-state index contributed by atoms with van der Waals surface area (Å²) in [6.45, 7) is 4.27. The molecule has 2 aromatic rings. The Labute approximate surface area is 141 Å². The van der Waals surface area contributed by atoms with Gasteiger partial charge in [-0.05, 0) is 19.4 Å². The molecule has 1 amide bonds. The largest absolute Gasteiger partial charge is 0.481 e. The van der Waals surface area contributed by atoms with E-state index in [9.17, 15) is 14.7 Å². The van der Waals surface area contributed by atoms with Gasteiger partial charge in [-0.15, -0.1) is 0 Å². The Bertz CT molecular complexity index is 695. The fourth-order valence-corrected chi connectivity index (χ4v) is 2.63. The molecule has 0 saturated carbocycles. The highest BCUT2D eigenvalue weighted by Crippen LogP contribution is 2.22. The van der Waals surface area contributed by atoms with Crippen molar-refractivity contribution in [2.45, 2.75) is 38.8 Å². The van der Waals surface area contributed by atoms with Crippen LogP contribution in [0.15, 0.2) is 42.7 Å². The number of carboxylic acid groups (broad SMARTS) is 1. The first-order valence-electron chi connectivity index (χ1n) is 7.93. The van der Waals surface area contributed by atoms with E-state index in [1.807, 2.05) is 33.2 Å². The van der Waals surface area contributed by atoms with Crippen molar-refractivity contribution in [1.82, 2.24) is 14.7 Å². The van der Waals surface area contributed by atoms with Crippen molar-refractivity contribution in [1.29, 1.82) is 0 Å². The molecule has 1 heterocycles. The average molecular weight is 329 g/mol. The molecule has 0 aliphatic heterocycles. The third kappa shape index (κ3) is 4.44.